The van der Waals surface area contributed by atoms with Crippen molar-refractivity contribution in [1.82, 2.24) is 0 Å². The molecule has 5 heteroatoms. The standard InChI is InChI=1S/C2H3N.CCl4/c1-2-3;2-1(3,4)5/h1H3;. The van der Waals surface area contributed by atoms with Gasteiger partial charge in [0, 0.05) is 6.92 Å². The van der Waals surface area contributed by atoms with Crippen LogP contribution in [0.25, 0.3) is 0 Å². The highest BCUT2D eigenvalue weighted by Gasteiger charge is 2.11. The van der Waals surface area contributed by atoms with Gasteiger partial charge in [0.25, 0.3) is 3.25 Å². The van der Waals surface area contributed by atoms with Gasteiger partial charge in [-0.05, 0) is 0 Å². The number of hydrogen-bond donors (Lipinski definition) is 0. The number of halogens is 4. The van der Waals surface area contributed by atoms with E-state index in [1.807, 2.05) is 0 Å². The lowest BCUT2D eigenvalue weighted by Crippen LogP contribution is -1.81. The summed E-state index contributed by atoms with van der Waals surface area (Å²) in [5, 5.41) is 7.32. The zero-order valence-electron chi connectivity index (χ0n) is 3.96. The van der Waals surface area contributed by atoms with Crippen LogP contribution in [0.4, 0.5) is 0 Å². The van der Waals surface area contributed by atoms with Crippen LogP contribution in [-0.2, 0) is 0 Å². The zero-order chi connectivity index (χ0) is 7.21. The first-order chi connectivity index (χ1) is 3.41. The predicted molar refractivity (Wildman–Crippen MR) is 37.4 cm³/mol. The highest BCUT2D eigenvalue weighted by atomic mass is 35.6. The molecular weight excluding hydrogens is 192 g/mol. The van der Waals surface area contributed by atoms with Crippen molar-refractivity contribution in [2.24, 2.45) is 0 Å². The Labute approximate surface area is 68.1 Å². The normalized spacial score (nSPS) is 8.50. The largest absolute Gasteiger partial charge is 0.266 e. The first kappa shape index (κ1) is 11.4. The van der Waals surface area contributed by atoms with E-state index in [1.54, 1.807) is 6.07 Å². The van der Waals surface area contributed by atoms with Gasteiger partial charge in [-0.1, -0.05) is 46.4 Å². The van der Waals surface area contributed by atoms with Crippen molar-refractivity contribution < 1.29 is 0 Å². The Kier molecular flexibility index (Phi) is 8.27. The molecule has 0 saturated heterocycles. The molecule has 0 aliphatic carbocycles. The monoisotopic (exact) mass is 193 g/mol. The van der Waals surface area contributed by atoms with E-state index in [0.717, 1.165) is 0 Å². The highest BCUT2D eigenvalue weighted by Crippen LogP contribution is 2.29. The van der Waals surface area contributed by atoms with Crippen LogP contribution < -0.4 is 0 Å². The van der Waals surface area contributed by atoms with Crippen LogP contribution in [-0.4, -0.2) is 3.25 Å². The molecule has 0 N–H and O–H groups in total. The molecule has 0 amide bonds. The van der Waals surface area contributed by atoms with Crippen LogP contribution in [0.3, 0.4) is 0 Å². The second-order valence-electron chi connectivity index (χ2n) is 0.652. The van der Waals surface area contributed by atoms with Crippen molar-refractivity contribution in [3.8, 4) is 6.07 Å². The van der Waals surface area contributed by atoms with E-state index >= 15 is 0 Å². The zero-order valence-corrected chi connectivity index (χ0v) is 6.98. The Morgan fingerprint density at radius 3 is 1.25 bits per heavy atom. The Morgan fingerprint density at radius 2 is 1.25 bits per heavy atom. The molecule has 0 atom stereocenters. The van der Waals surface area contributed by atoms with Gasteiger partial charge in [-0.2, -0.15) is 5.26 Å². The molecule has 8 heavy (non-hydrogen) atoms. The minimum Gasteiger partial charge on any atom is -0.199 e. The lowest BCUT2D eigenvalue weighted by molar-refractivity contribution is 1.49. The smallest absolute Gasteiger partial charge is 0.199 e. The van der Waals surface area contributed by atoms with E-state index in [-0.39, 0.29) is 0 Å². The summed E-state index contributed by atoms with van der Waals surface area (Å²) in [6.07, 6.45) is 0. The van der Waals surface area contributed by atoms with E-state index in [1.165, 1.54) is 6.92 Å². The van der Waals surface area contributed by atoms with Crippen molar-refractivity contribution in [2.75, 3.05) is 0 Å². The van der Waals surface area contributed by atoms with Crippen molar-refractivity contribution in [1.29, 1.82) is 5.26 Å². The van der Waals surface area contributed by atoms with Crippen LogP contribution in [0, 0.1) is 11.3 Å². The lowest BCUT2D eigenvalue weighted by Gasteiger charge is -1.91. The lowest BCUT2D eigenvalue weighted by atomic mass is 11.0. The summed E-state index contributed by atoms with van der Waals surface area (Å²) in [6, 6.07) is 1.75. The van der Waals surface area contributed by atoms with Crippen LogP contribution >= 0.6 is 46.4 Å². The first-order valence-corrected chi connectivity index (χ1v) is 2.99. The summed E-state index contributed by atoms with van der Waals surface area (Å²) in [5.74, 6) is 0. The average Bonchev–Trinajstić information content (AvgIpc) is 1.27. The maximum atomic E-state index is 7.32. The van der Waals surface area contributed by atoms with Gasteiger partial charge < -0.3 is 0 Å². The van der Waals surface area contributed by atoms with E-state index in [9.17, 15) is 0 Å². The first-order valence-electron chi connectivity index (χ1n) is 1.48. The molecule has 1 nitrogen and oxygen atoms in total. The Balaban J connectivity index is 0. The average molecular weight is 195 g/mol. The van der Waals surface area contributed by atoms with Crippen molar-refractivity contribution in [3.63, 3.8) is 0 Å². The number of hydrogen-bond acceptors (Lipinski definition) is 1. The Bertz CT molecular complexity index is 72.3. The topological polar surface area (TPSA) is 23.8 Å². The van der Waals surface area contributed by atoms with Gasteiger partial charge in [0.15, 0.2) is 0 Å². The maximum absolute atomic E-state index is 7.32. The van der Waals surface area contributed by atoms with Gasteiger partial charge in [-0.3, -0.25) is 0 Å². The summed E-state index contributed by atoms with van der Waals surface area (Å²) in [5.41, 5.74) is 0. The third-order valence-corrected chi connectivity index (χ3v) is 0. The summed E-state index contributed by atoms with van der Waals surface area (Å²) in [4.78, 5) is 0. The van der Waals surface area contributed by atoms with Crippen molar-refractivity contribution in [2.45, 2.75) is 10.2 Å². The molecule has 0 radical (unpaired) electrons. The number of nitrogens with zero attached hydrogens (tertiary/aromatic N) is 1. The molecular formula is C3H3Cl4N. The fourth-order valence-electron chi connectivity index (χ4n) is 0. The van der Waals surface area contributed by atoms with Crippen molar-refractivity contribution in [3.05, 3.63) is 0 Å². The van der Waals surface area contributed by atoms with E-state index in [4.69, 9.17) is 51.7 Å². The molecule has 48 valence electrons. The molecule has 0 aromatic carbocycles. The fourth-order valence-corrected chi connectivity index (χ4v) is 0. The van der Waals surface area contributed by atoms with Crippen LogP contribution in [0.5, 0.6) is 0 Å². The van der Waals surface area contributed by atoms with Gasteiger partial charge >= 0.3 is 0 Å². The van der Waals surface area contributed by atoms with Crippen LogP contribution in [0.2, 0.25) is 0 Å². The van der Waals surface area contributed by atoms with Gasteiger partial charge in [0.05, 0.1) is 6.07 Å². The molecule has 0 heterocycles. The molecule has 0 aromatic rings. The maximum Gasteiger partial charge on any atom is 0.266 e. The van der Waals surface area contributed by atoms with Crippen LogP contribution in [0.1, 0.15) is 6.92 Å². The van der Waals surface area contributed by atoms with E-state index in [0.29, 0.717) is 0 Å². The second-order valence-corrected chi connectivity index (χ2v) is 4.08. The van der Waals surface area contributed by atoms with Crippen LogP contribution in [0.15, 0.2) is 0 Å². The predicted octanol–water partition coefficient (Wildman–Crippen LogP) is 3.08. The van der Waals surface area contributed by atoms with Gasteiger partial charge in [-0.25, -0.2) is 0 Å². The summed E-state index contributed by atoms with van der Waals surface area (Å²) >= 11 is 19.3. The molecule has 0 unspecified atom stereocenters. The summed E-state index contributed by atoms with van der Waals surface area (Å²) < 4.78 is -1.61. The minimum atomic E-state index is -1.61. The van der Waals surface area contributed by atoms with Crippen molar-refractivity contribution >= 4 is 46.4 Å². The SMILES string of the molecule is CC#N.ClC(Cl)(Cl)Cl. The molecule has 0 spiro atoms. The molecule has 0 fully saturated rings. The van der Waals surface area contributed by atoms with E-state index < -0.39 is 3.25 Å². The fraction of sp³-hybridized carbons (Fsp3) is 0.667. The molecule has 0 aliphatic heterocycles. The quantitative estimate of drug-likeness (QED) is 0.544. The highest BCUT2D eigenvalue weighted by molar-refractivity contribution is 6.83. The van der Waals surface area contributed by atoms with Gasteiger partial charge in [-0.15, -0.1) is 0 Å². The summed E-state index contributed by atoms with van der Waals surface area (Å²) in [6.45, 7) is 1.43. The third kappa shape index (κ3) is 502. The Morgan fingerprint density at radius 1 is 1.25 bits per heavy atom. The molecule has 0 rings (SSSR count). The van der Waals surface area contributed by atoms with E-state index in [2.05, 4.69) is 0 Å². The number of rotatable bonds is 0. The molecule has 0 bridgehead atoms. The second kappa shape index (κ2) is 5.78. The minimum absolute atomic E-state index is 1.43. The summed E-state index contributed by atoms with van der Waals surface area (Å²) in [7, 11) is 0. The Hall–Kier alpha value is 0.650. The third-order valence-electron chi connectivity index (χ3n) is 0. The van der Waals surface area contributed by atoms with Gasteiger partial charge in [0.2, 0.25) is 0 Å². The number of alkyl halides is 4. The number of nitriles is 1. The van der Waals surface area contributed by atoms with Gasteiger partial charge in [0.1, 0.15) is 0 Å². The molecule has 0 aromatic heterocycles. The molecule has 0 saturated carbocycles. The molecule has 0 aliphatic rings.